The van der Waals surface area contributed by atoms with Crippen molar-refractivity contribution in [2.75, 3.05) is 6.54 Å². The zero-order valence-electron chi connectivity index (χ0n) is 10.4. The Bertz CT molecular complexity index is 563. The van der Waals surface area contributed by atoms with E-state index >= 15 is 0 Å². The van der Waals surface area contributed by atoms with E-state index in [9.17, 15) is 9.90 Å². The lowest BCUT2D eigenvalue weighted by molar-refractivity contribution is 0.0950. The predicted molar refractivity (Wildman–Crippen MR) is 72.9 cm³/mol. The van der Waals surface area contributed by atoms with Gasteiger partial charge >= 0.3 is 0 Å². The van der Waals surface area contributed by atoms with E-state index in [-0.39, 0.29) is 11.7 Å². The molecule has 2 aromatic carbocycles. The summed E-state index contributed by atoms with van der Waals surface area (Å²) < 4.78 is 0. The fraction of sp³-hybridized carbons (Fsp3) is 0.267. The summed E-state index contributed by atoms with van der Waals surface area (Å²) >= 11 is 0. The maximum Gasteiger partial charge on any atom is 0.255 e. The summed E-state index contributed by atoms with van der Waals surface area (Å²) in [5.74, 6) is -0.186. The number of fused-ring (bicyclic) bond motifs is 1. The molecule has 0 spiro atoms. The van der Waals surface area contributed by atoms with E-state index in [1.165, 1.54) is 0 Å². The smallest absolute Gasteiger partial charge is 0.255 e. The predicted octanol–water partition coefficient (Wildman–Crippen LogP) is 3.08. The Morgan fingerprint density at radius 3 is 2.56 bits per heavy atom. The molecule has 0 fully saturated rings. The average molecular weight is 243 g/mol. The Kier molecular flexibility index (Phi) is 3.82. The lowest BCUT2D eigenvalue weighted by atomic mass is 10.1. The number of phenols is 1. The van der Waals surface area contributed by atoms with E-state index in [1.54, 1.807) is 12.1 Å². The second-order valence-electron chi connectivity index (χ2n) is 4.33. The minimum atomic E-state index is -0.216. The first kappa shape index (κ1) is 12.4. The van der Waals surface area contributed by atoms with Crippen molar-refractivity contribution in [2.24, 2.45) is 0 Å². The molecule has 0 radical (unpaired) electrons. The number of nitrogens with one attached hydrogen (secondary N) is 1. The van der Waals surface area contributed by atoms with Crippen molar-refractivity contribution in [3.63, 3.8) is 0 Å². The number of hydrogen-bond donors (Lipinski definition) is 2. The fourth-order valence-electron chi connectivity index (χ4n) is 1.88. The number of carbonyl (C=O) groups excluding carboxylic acids is 1. The number of phenolic OH excluding ortho intramolecular Hbond substituents is 1. The van der Waals surface area contributed by atoms with E-state index in [1.807, 2.05) is 24.3 Å². The lowest BCUT2D eigenvalue weighted by Crippen LogP contribution is -2.24. The van der Waals surface area contributed by atoms with Crippen molar-refractivity contribution < 1.29 is 9.90 Å². The zero-order chi connectivity index (χ0) is 13.0. The van der Waals surface area contributed by atoms with Crippen LogP contribution in [-0.4, -0.2) is 17.6 Å². The molecule has 0 unspecified atom stereocenters. The van der Waals surface area contributed by atoms with Crippen LogP contribution in [0.4, 0.5) is 0 Å². The molecule has 0 bridgehead atoms. The number of benzene rings is 2. The highest BCUT2D eigenvalue weighted by Crippen LogP contribution is 2.24. The number of amides is 1. The van der Waals surface area contributed by atoms with Gasteiger partial charge < -0.3 is 10.4 Å². The Labute approximate surface area is 106 Å². The zero-order valence-corrected chi connectivity index (χ0v) is 10.4. The molecule has 0 aliphatic carbocycles. The van der Waals surface area contributed by atoms with Crippen molar-refractivity contribution in [3.05, 3.63) is 42.0 Å². The maximum absolute atomic E-state index is 11.9. The minimum absolute atomic E-state index is 0.0303. The Morgan fingerprint density at radius 2 is 1.89 bits per heavy atom. The summed E-state index contributed by atoms with van der Waals surface area (Å²) in [6.45, 7) is 2.71. The molecule has 0 heterocycles. The third kappa shape index (κ3) is 2.62. The summed E-state index contributed by atoms with van der Waals surface area (Å²) in [6.07, 6.45) is 1.98. The Balaban J connectivity index is 2.27. The second kappa shape index (κ2) is 5.54. The molecule has 3 heteroatoms. The van der Waals surface area contributed by atoms with Gasteiger partial charge in [-0.05, 0) is 29.3 Å². The number of unbranched alkanes of at least 4 members (excludes halogenated alkanes) is 1. The molecule has 0 aliphatic rings. The number of rotatable bonds is 4. The molecule has 0 saturated heterocycles. The van der Waals surface area contributed by atoms with Crippen molar-refractivity contribution in [1.82, 2.24) is 5.32 Å². The van der Waals surface area contributed by atoms with Gasteiger partial charge in [0.25, 0.3) is 5.91 Å². The first-order valence-corrected chi connectivity index (χ1v) is 6.22. The summed E-state index contributed by atoms with van der Waals surface area (Å²) in [5.41, 5.74) is 0.338. The van der Waals surface area contributed by atoms with Gasteiger partial charge in [0.2, 0.25) is 0 Å². The summed E-state index contributed by atoms with van der Waals surface area (Å²) in [7, 11) is 0. The van der Waals surface area contributed by atoms with Crippen molar-refractivity contribution in [3.8, 4) is 5.75 Å². The molecule has 0 aromatic heterocycles. The first-order valence-electron chi connectivity index (χ1n) is 6.22. The van der Waals surface area contributed by atoms with E-state index in [0.717, 1.165) is 23.6 Å². The van der Waals surface area contributed by atoms with Gasteiger partial charge in [-0.3, -0.25) is 4.79 Å². The Hall–Kier alpha value is -2.03. The highest BCUT2D eigenvalue weighted by molar-refractivity contribution is 6.01. The normalized spacial score (nSPS) is 10.5. The largest absolute Gasteiger partial charge is 0.507 e. The van der Waals surface area contributed by atoms with E-state index in [0.29, 0.717) is 12.1 Å². The van der Waals surface area contributed by atoms with Gasteiger partial charge in [-0.25, -0.2) is 0 Å². The molecule has 3 nitrogen and oxygen atoms in total. The van der Waals surface area contributed by atoms with Crippen LogP contribution in [0.3, 0.4) is 0 Å². The Morgan fingerprint density at radius 1 is 1.22 bits per heavy atom. The highest BCUT2D eigenvalue weighted by atomic mass is 16.3. The van der Waals surface area contributed by atoms with E-state index < -0.39 is 0 Å². The molecular weight excluding hydrogens is 226 g/mol. The highest BCUT2D eigenvalue weighted by Gasteiger charge is 2.11. The lowest BCUT2D eigenvalue weighted by Gasteiger charge is -2.08. The molecule has 94 valence electrons. The van der Waals surface area contributed by atoms with Crippen molar-refractivity contribution >= 4 is 16.7 Å². The van der Waals surface area contributed by atoms with Crippen LogP contribution in [0.25, 0.3) is 10.8 Å². The first-order chi connectivity index (χ1) is 8.72. The van der Waals surface area contributed by atoms with Crippen LogP contribution in [0.5, 0.6) is 5.75 Å². The van der Waals surface area contributed by atoms with Gasteiger partial charge in [0.1, 0.15) is 5.75 Å². The van der Waals surface area contributed by atoms with Gasteiger partial charge in [0.05, 0.1) is 5.56 Å². The second-order valence-corrected chi connectivity index (χ2v) is 4.33. The fourth-order valence-corrected chi connectivity index (χ4v) is 1.88. The standard InChI is InChI=1S/C15H17NO2/c1-2-3-8-16-15(18)13-9-11-6-4-5-7-12(11)10-14(13)17/h4-7,9-10,17H,2-3,8H2,1H3,(H,16,18). The summed E-state index contributed by atoms with van der Waals surface area (Å²) in [4.78, 5) is 11.9. The number of hydrogen-bond acceptors (Lipinski definition) is 2. The van der Waals surface area contributed by atoms with Crippen LogP contribution >= 0.6 is 0 Å². The topological polar surface area (TPSA) is 49.3 Å². The van der Waals surface area contributed by atoms with Gasteiger partial charge in [0, 0.05) is 6.54 Å². The minimum Gasteiger partial charge on any atom is -0.507 e. The van der Waals surface area contributed by atoms with Gasteiger partial charge in [-0.15, -0.1) is 0 Å². The molecule has 0 atom stereocenters. The molecule has 2 N–H and O–H groups in total. The molecule has 18 heavy (non-hydrogen) atoms. The molecular formula is C15H17NO2. The third-order valence-electron chi connectivity index (χ3n) is 2.92. The van der Waals surface area contributed by atoms with Crippen molar-refractivity contribution in [1.29, 1.82) is 0 Å². The monoisotopic (exact) mass is 243 g/mol. The quantitative estimate of drug-likeness (QED) is 0.811. The summed E-state index contributed by atoms with van der Waals surface area (Å²) in [5, 5.41) is 14.6. The maximum atomic E-state index is 11.9. The van der Waals surface area contributed by atoms with Crippen LogP contribution in [-0.2, 0) is 0 Å². The van der Waals surface area contributed by atoms with E-state index in [2.05, 4.69) is 12.2 Å². The molecule has 0 saturated carbocycles. The summed E-state index contributed by atoms with van der Waals surface area (Å²) in [6, 6.07) is 11.0. The number of carbonyl (C=O) groups is 1. The van der Waals surface area contributed by atoms with Crippen LogP contribution < -0.4 is 5.32 Å². The average Bonchev–Trinajstić information content (AvgIpc) is 2.38. The van der Waals surface area contributed by atoms with Gasteiger partial charge in [0.15, 0.2) is 0 Å². The van der Waals surface area contributed by atoms with Crippen LogP contribution in [0.15, 0.2) is 36.4 Å². The van der Waals surface area contributed by atoms with Gasteiger partial charge in [-0.2, -0.15) is 0 Å². The molecule has 2 aromatic rings. The van der Waals surface area contributed by atoms with Crippen LogP contribution in [0.2, 0.25) is 0 Å². The molecule has 1 amide bonds. The third-order valence-corrected chi connectivity index (χ3v) is 2.92. The van der Waals surface area contributed by atoms with Crippen molar-refractivity contribution in [2.45, 2.75) is 19.8 Å². The molecule has 0 aliphatic heterocycles. The SMILES string of the molecule is CCCCNC(=O)c1cc2ccccc2cc1O. The van der Waals surface area contributed by atoms with Crippen LogP contribution in [0.1, 0.15) is 30.1 Å². The van der Waals surface area contributed by atoms with E-state index in [4.69, 9.17) is 0 Å². The molecule has 2 rings (SSSR count). The number of aromatic hydroxyl groups is 1. The van der Waals surface area contributed by atoms with Crippen LogP contribution in [0, 0.1) is 0 Å². The van der Waals surface area contributed by atoms with Gasteiger partial charge in [-0.1, -0.05) is 37.6 Å².